The van der Waals surface area contributed by atoms with Gasteiger partial charge in [-0.15, -0.1) is 5.10 Å². The van der Waals surface area contributed by atoms with Gasteiger partial charge in [-0.25, -0.2) is 5.84 Å². The van der Waals surface area contributed by atoms with Crippen LogP contribution in [0.5, 0.6) is 0 Å². The zero-order chi connectivity index (χ0) is 31.9. The number of nitrogen functional groups attached to an aromatic ring is 1. The second-order valence-corrected chi connectivity index (χ2v) is 13.2. The van der Waals surface area contributed by atoms with E-state index in [1.54, 1.807) is 6.07 Å². The Morgan fingerprint density at radius 3 is 2.49 bits per heavy atom. The van der Waals surface area contributed by atoms with E-state index in [0.717, 1.165) is 60.8 Å². The summed E-state index contributed by atoms with van der Waals surface area (Å²) in [5.74, 6) is 6.53. The highest BCUT2D eigenvalue weighted by Crippen LogP contribution is 2.51. The van der Waals surface area contributed by atoms with Crippen LogP contribution in [0.25, 0.3) is 0 Å². The summed E-state index contributed by atoms with van der Waals surface area (Å²) in [6.45, 7) is 4.43. The summed E-state index contributed by atoms with van der Waals surface area (Å²) in [5, 5.41) is 21.0. The summed E-state index contributed by atoms with van der Waals surface area (Å²) < 4.78 is 0. The molecule has 2 aromatic carbocycles. The fourth-order valence-electron chi connectivity index (χ4n) is 8.21. The van der Waals surface area contributed by atoms with E-state index in [4.69, 9.17) is 17.1 Å². The number of nitrogens with two attached hydrogens (primary N) is 2. The lowest BCUT2D eigenvalue weighted by molar-refractivity contribution is -0.133. The van der Waals surface area contributed by atoms with Gasteiger partial charge in [-0.1, -0.05) is 43.3 Å². The number of carbonyl (C=O) groups excluding carboxylic acids is 2. The number of benzene rings is 2. The van der Waals surface area contributed by atoms with E-state index in [-0.39, 0.29) is 42.3 Å². The first-order valence-corrected chi connectivity index (χ1v) is 16.2. The summed E-state index contributed by atoms with van der Waals surface area (Å²) in [4.78, 5) is 28.1. The molecule has 0 aromatic heterocycles. The number of amidine groups is 1. The first-order chi connectivity index (χ1) is 21.8. The van der Waals surface area contributed by atoms with Crippen molar-refractivity contribution in [2.75, 3.05) is 6.54 Å². The van der Waals surface area contributed by atoms with E-state index in [2.05, 4.69) is 59.2 Å². The Balaban J connectivity index is 1.41. The molecule has 2 aromatic rings. The zero-order valence-corrected chi connectivity index (χ0v) is 26.1. The fourth-order valence-corrected chi connectivity index (χ4v) is 8.21. The molecule has 4 aliphatic rings. The number of hydrazine groups is 1. The van der Waals surface area contributed by atoms with Crippen molar-refractivity contribution in [3.05, 3.63) is 69.8 Å². The van der Waals surface area contributed by atoms with Gasteiger partial charge in [0.25, 0.3) is 5.91 Å². The average molecular weight is 610 g/mol. The summed E-state index contributed by atoms with van der Waals surface area (Å²) in [7, 11) is 0. The van der Waals surface area contributed by atoms with Crippen molar-refractivity contribution in [1.29, 1.82) is 10.8 Å². The van der Waals surface area contributed by atoms with Gasteiger partial charge in [-0.05, 0) is 109 Å². The molecule has 6 rings (SSSR count). The number of nitrogens with zero attached hydrogens (tertiary/aromatic N) is 4. The van der Waals surface area contributed by atoms with Crippen molar-refractivity contribution in [2.45, 2.75) is 88.8 Å². The molecule has 7 N–H and O–H groups in total. The van der Waals surface area contributed by atoms with Crippen LogP contribution in [0.2, 0.25) is 0 Å². The van der Waals surface area contributed by atoms with Gasteiger partial charge in [0.05, 0.1) is 18.0 Å². The van der Waals surface area contributed by atoms with Crippen molar-refractivity contribution in [2.24, 2.45) is 39.7 Å². The molecule has 0 spiro atoms. The maximum absolute atomic E-state index is 13.7. The third-order valence-corrected chi connectivity index (χ3v) is 10.9. The molecule has 11 heteroatoms. The van der Waals surface area contributed by atoms with Gasteiger partial charge in [0.15, 0.2) is 0 Å². The Kier molecular flexibility index (Phi) is 8.46. The number of hydrogen-bond donors (Lipinski definition) is 5. The number of piperidine rings is 1. The molecule has 1 saturated heterocycles. The molecule has 236 valence electrons. The van der Waals surface area contributed by atoms with Crippen LogP contribution >= 0.6 is 0 Å². The van der Waals surface area contributed by atoms with E-state index in [0.29, 0.717) is 36.2 Å². The topological polar surface area (TPSA) is 186 Å². The summed E-state index contributed by atoms with van der Waals surface area (Å²) in [6.07, 6.45) is 6.58. The Morgan fingerprint density at radius 2 is 1.84 bits per heavy atom. The number of nitrogens with one attached hydrogen (secondary N) is 3. The molecule has 3 fully saturated rings. The number of fused-ring (bicyclic) bond motifs is 3. The highest BCUT2D eigenvalue weighted by Gasteiger charge is 2.56. The van der Waals surface area contributed by atoms with Crippen LogP contribution in [-0.4, -0.2) is 47.2 Å². The SMILES string of the molecule is CCc1ccc2c(c1)CCc1cc(C(=O)NN)ccc1C2(CC(NCC(=O)N1C(C#N)CCC2C(C)C21)C1CC1)C(N)=NN=N. The monoisotopic (exact) mass is 609 g/mol. The summed E-state index contributed by atoms with van der Waals surface area (Å²) >= 11 is 0. The van der Waals surface area contributed by atoms with Crippen molar-refractivity contribution < 1.29 is 9.59 Å². The smallest absolute Gasteiger partial charge is 0.265 e. The Labute approximate surface area is 264 Å². The van der Waals surface area contributed by atoms with Gasteiger partial charge in [0.2, 0.25) is 5.91 Å². The molecule has 6 atom stereocenters. The molecule has 1 aliphatic heterocycles. The van der Waals surface area contributed by atoms with Gasteiger partial charge >= 0.3 is 0 Å². The largest absolute Gasteiger partial charge is 0.385 e. The van der Waals surface area contributed by atoms with Crippen molar-refractivity contribution in [1.82, 2.24) is 15.6 Å². The van der Waals surface area contributed by atoms with Gasteiger partial charge in [0, 0.05) is 17.6 Å². The lowest BCUT2D eigenvalue weighted by Gasteiger charge is -2.39. The molecule has 2 amide bonds. The molecule has 11 nitrogen and oxygen atoms in total. The molecule has 45 heavy (non-hydrogen) atoms. The Morgan fingerprint density at radius 1 is 1.13 bits per heavy atom. The quantitative estimate of drug-likeness (QED) is 0.0685. The molecule has 1 heterocycles. The van der Waals surface area contributed by atoms with Crippen LogP contribution in [0.4, 0.5) is 0 Å². The number of rotatable bonds is 10. The maximum Gasteiger partial charge on any atom is 0.265 e. The number of carbonyl (C=O) groups is 2. The lowest BCUT2D eigenvalue weighted by Crippen LogP contribution is -2.52. The van der Waals surface area contributed by atoms with E-state index in [1.807, 2.05) is 17.0 Å². The van der Waals surface area contributed by atoms with E-state index in [1.165, 1.54) is 5.56 Å². The number of amides is 2. The van der Waals surface area contributed by atoms with Gasteiger partial charge in [0.1, 0.15) is 11.9 Å². The van der Waals surface area contributed by atoms with Gasteiger partial charge in [-0.3, -0.25) is 15.0 Å². The van der Waals surface area contributed by atoms with Crippen LogP contribution in [0.1, 0.15) is 84.1 Å². The number of nitriles is 1. The van der Waals surface area contributed by atoms with Crippen LogP contribution in [0.3, 0.4) is 0 Å². The minimum absolute atomic E-state index is 0.0326. The molecule has 3 aliphatic carbocycles. The van der Waals surface area contributed by atoms with Crippen molar-refractivity contribution in [3.8, 4) is 6.07 Å². The van der Waals surface area contributed by atoms with Crippen LogP contribution in [0, 0.1) is 34.6 Å². The van der Waals surface area contributed by atoms with E-state index in [9.17, 15) is 14.9 Å². The van der Waals surface area contributed by atoms with E-state index >= 15 is 0 Å². The summed E-state index contributed by atoms with van der Waals surface area (Å²) in [5.41, 5.74) is 21.5. The number of aryl methyl sites for hydroxylation is 3. The predicted octanol–water partition coefficient (Wildman–Crippen LogP) is 3.45. The highest BCUT2D eigenvalue weighted by molar-refractivity contribution is 5.98. The highest BCUT2D eigenvalue weighted by atomic mass is 16.2. The second-order valence-electron chi connectivity index (χ2n) is 13.2. The van der Waals surface area contributed by atoms with Crippen molar-refractivity contribution >= 4 is 17.6 Å². The fraction of sp³-hybridized carbons (Fsp3) is 0.529. The molecule has 0 radical (unpaired) electrons. The Bertz CT molecular complexity index is 1580. The predicted molar refractivity (Wildman–Crippen MR) is 170 cm³/mol. The zero-order valence-electron chi connectivity index (χ0n) is 26.1. The molecule has 0 bridgehead atoms. The first-order valence-electron chi connectivity index (χ1n) is 16.2. The average Bonchev–Trinajstić information content (AvgIpc) is 4.00. The first kappa shape index (κ1) is 30.9. The third kappa shape index (κ3) is 5.51. The summed E-state index contributed by atoms with van der Waals surface area (Å²) in [6, 6.07) is 14.1. The van der Waals surface area contributed by atoms with Gasteiger partial charge in [-0.2, -0.15) is 10.8 Å². The lowest BCUT2D eigenvalue weighted by atomic mass is 9.67. The van der Waals surface area contributed by atoms with Crippen LogP contribution < -0.4 is 22.3 Å². The molecule has 6 unspecified atom stereocenters. The normalized spacial score (nSPS) is 27.6. The standard InChI is InChI=1S/C34H43N9O2/c1-3-20-4-12-27-22(14-20)7-8-23-15-24(32(45)40-37)9-13-28(23)34(27,33(36)41-42-38)16-29(21-5-6-21)39-18-30(44)43-25(17-35)10-11-26-19(2)31(26)43/h4,9,12-15,19,21,25-26,29,31,39H,3,5-8,10-11,16,18,37H2,1-2H3,(H,40,45)(H3,36,38,41). The third-order valence-electron chi connectivity index (χ3n) is 10.9. The van der Waals surface area contributed by atoms with Crippen molar-refractivity contribution in [3.63, 3.8) is 0 Å². The van der Waals surface area contributed by atoms with Crippen LogP contribution in [0.15, 0.2) is 46.7 Å². The maximum atomic E-state index is 13.7. The molecular formula is C34H43N9O2. The second kappa shape index (κ2) is 12.3. The molecular weight excluding hydrogens is 566 g/mol. The minimum Gasteiger partial charge on any atom is -0.385 e. The number of hydrogen-bond acceptors (Lipinski definition) is 7. The van der Waals surface area contributed by atoms with Gasteiger partial charge < -0.3 is 16.0 Å². The van der Waals surface area contributed by atoms with Crippen LogP contribution in [-0.2, 0) is 29.5 Å². The molecule has 2 saturated carbocycles. The number of likely N-dealkylation sites (tertiary alicyclic amines) is 1. The Hall–Kier alpha value is -4.14. The minimum atomic E-state index is -0.963. The van der Waals surface area contributed by atoms with E-state index < -0.39 is 5.41 Å².